The lowest BCUT2D eigenvalue weighted by molar-refractivity contribution is 0.104. The Hall–Kier alpha value is -2.75. The van der Waals surface area contributed by atoms with Crippen molar-refractivity contribution in [1.29, 1.82) is 0 Å². The Bertz CT molecular complexity index is 887. The molecule has 3 aromatic rings. The zero-order valence-corrected chi connectivity index (χ0v) is 11.5. The van der Waals surface area contributed by atoms with Gasteiger partial charge in [0.2, 0.25) is 0 Å². The summed E-state index contributed by atoms with van der Waals surface area (Å²) in [5.74, 6) is 0.741. The molecule has 1 aliphatic rings. The fourth-order valence-corrected chi connectivity index (χ4v) is 2.88. The monoisotopic (exact) mass is 276 g/mol. The van der Waals surface area contributed by atoms with Gasteiger partial charge in [-0.05, 0) is 30.7 Å². The molecular weight excluding hydrogens is 264 g/mol. The molecule has 0 saturated heterocycles. The van der Waals surface area contributed by atoms with E-state index in [1.54, 1.807) is 18.6 Å². The van der Waals surface area contributed by atoms with Gasteiger partial charge >= 0.3 is 0 Å². The average Bonchev–Trinajstić information content (AvgIpc) is 2.82. The van der Waals surface area contributed by atoms with Crippen LogP contribution in [0.4, 0.5) is 0 Å². The lowest BCUT2D eigenvalue weighted by atomic mass is 10.0. The van der Waals surface area contributed by atoms with Gasteiger partial charge in [0.05, 0.1) is 17.5 Å². The summed E-state index contributed by atoms with van der Waals surface area (Å²) in [4.78, 5) is 20.9. The number of pyridine rings is 2. The van der Waals surface area contributed by atoms with E-state index in [0.29, 0.717) is 17.7 Å². The lowest BCUT2D eigenvalue weighted by Crippen LogP contribution is -1.98. The molecule has 0 aliphatic heterocycles. The number of carbonyl (C=O) groups is 1. The second-order valence-electron chi connectivity index (χ2n) is 4.88. The van der Waals surface area contributed by atoms with Crippen molar-refractivity contribution in [2.45, 2.75) is 6.92 Å². The summed E-state index contributed by atoms with van der Waals surface area (Å²) >= 11 is 0. The van der Waals surface area contributed by atoms with Gasteiger partial charge in [-0.3, -0.25) is 14.8 Å². The molecule has 21 heavy (non-hydrogen) atoms. The number of ether oxygens (including phenoxy) is 1. The Morgan fingerprint density at radius 2 is 2.00 bits per heavy atom. The minimum Gasteiger partial charge on any atom is -0.493 e. The summed E-state index contributed by atoms with van der Waals surface area (Å²) in [6.45, 7) is 2.51. The van der Waals surface area contributed by atoms with Crippen LogP contribution < -0.4 is 4.74 Å². The minimum atomic E-state index is -0.0196. The quantitative estimate of drug-likeness (QED) is 0.564. The highest BCUT2D eigenvalue weighted by atomic mass is 16.5. The molecule has 0 saturated carbocycles. The molecule has 2 heterocycles. The number of rotatable bonds is 2. The topological polar surface area (TPSA) is 52.1 Å². The van der Waals surface area contributed by atoms with E-state index < -0.39 is 0 Å². The van der Waals surface area contributed by atoms with E-state index in [1.807, 2.05) is 31.2 Å². The smallest absolute Gasteiger partial charge is 0.197 e. The first-order valence-electron chi connectivity index (χ1n) is 6.85. The standard InChI is InChI=1S/C17H12N2O2/c1-2-21-14-5-3-4-13-16(14)15-10-6-7-18-8-11(10)17(20)12(15)9-19-13/h3-9H,2H2,1H3. The third-order valence-electron chi connectivity index (χ3n) is 3.74. The van der Waals surface area contributed by atoms with Gasteiger partial charge in [-0.25, -0.2) is 0 Å². The predicted molar refractivity (Wildman–Crippen MR) is 79.6 cm³/mol. The highest BCUT2D eigenvalue weighted by Gasteiger charge is 2.30. The van der Waals surface area contributed by atoms with Gasteiger partial charge in [0, 0.05) is 35.3 Å². The van der Waals surface area contributed by atoms with Crippen LogP contribution in [0.3, 0.4) is 0 Å². The number of fused-ring (bicyclic) bond motifs is 5. The third-order valence-corrected chi connectivity index (χ3v) is 3.74. The van der Waals surface area contributed by atoms with E-state index in [-0.39, 0.29) is 5.78 Å². The number of carbonyl (C=O) groups excluding carboxylic acids is 1. The van der Waals surface area contributed by atoms with Crippen molar-refractivity contribution in [3.05, 3.63) is 54.0 Å². The predicted octanol–water partition coefficient (Wildman–Crippen LogP) is 3.24. The Morgan fingerprint density at radius 3 is 2.86 bits per heavy atom. The Labute approximate surface area is 121 Å². The van der Waals surface area contributed by atoms with Crippen LogP contribution in [-0.2, 0) is 0 Å². The molecule has 4 heteroatoms. The van der Waals surface area contributed by atoms with Crippen molar-refractivity contribution in [2.24, 2.45) is 0 Å². The second kappa shape index (κ2) is 4.38. The van der Waals surface area contributed by atoms with Gasteiger partial charge in [-0.15, -0.1) is 0 Å². The SMILES string of the molecule is CCOc1cccc2ncc3c(c12)-c1ccncc1C3=O. The van der Waals surface area contributed by atoms with Crippen LogP contribution in [-0.4, -0.2) is 22.4 Å². The molecule has 0 atom stereocenters. The number of nitrogens with zero attached hydrogens (tertiary/aromatic N) is 2. The van der Waals surface area contributed by atoms with Crippen molar-refractivity contribution in [1.82, 2.24) is 9.97 Å². The first-order chi connectivity index (χ1) is 10.3. The maximum Gasteiger partial charge on any atom is 0.197 e. The first kappa shape index (κ1) is 12.0. The van der Waals surface area contributed by atoms with Crippen LogP contribution in [0, 0.1) is 0 Å². The third kappa shape index (κ3) is 1.59. The first-order valence-corrected chi connectivity index (χ1v) is 6.85. The van der Waals surface area contributed by atoms with E-state index in [0.717, 1.165) is 27.8 Å². The molecule has 4 nitrogen and oxygen atoms in total. The molecule has 0 amide bonds. The van der Waals surface area contributed by atoms with Crippen LogP contribution in [0.2, 0.25) is 0 Å². The molecule has 1 aromatic carbocycles. The van der Waals surface area contributed by atoms with E-state index in [4.69, 9.17) is 4.74 Å². The molecule has 0 unspecified atom stereocenters. The largest absolute Gasteiger partial charge is 0.493 e. The molecule has 0 fully saturated rings. The van der Waals surface area contributed by atoms with E-state index in [2.05, 4.69) is 9.97 Å². The summed E-state index contributed by atoms with van der Waals surface area (Å²) in [5, 5.41) is 0.898. The Morgan fingerprint density at radius 1 is 1.10 bits per heavy atom. The molecule has 102 valence electrons. The van der Waals surface area contributed by atoms with Gasteiger partial charge in [0.1, 0.15) is 5.75 Å². The van der Waals surface area contributed by atoms with E-state index in [1.165, 1.54) is 0 Å². The number of aromatic nitrogens is 2. The van der Waals surface area contributed by atoms with Crippen molar-refractivity contribution >= 4 is 16.7 Å². The summed E-state index contributed by atoms with van der Waals surface area (Å²) in [6.07, 6.45) is 4.97. The van der Waals surface area contributed by atoms with Crippen LogP contribution in [0.5, 0.6) is 5.75 Å². The number of hydrogen-bond donors (Lipinski definition) is 0. The van der Waals surface area contributed by atoms with E-state index in [9.17, 15) is 4.79 Å². The summed E-state index contributed by atoms with van der Waals surface area (Å²) < 4.78 is 5.73. The Balaban J connectivity index is 2.16. The van der Waals surface area contributed by atoms with Gasteiger partial charge in [0.25, 0.3) is 0 Å². The maximum absolute atomic E-state index is 12.5. The summed E-state index contributed by atoms with van der Waals surface area (Å²) in [6, 6.07) is 7.64. The Kier molecular flexibility index (Phi) is 2.51. The molecular formula is C17H12N2O2. The average molecular weight is 276 g/mol. The molecule has 0 radical (unpaired) electrons. The highest BCUT2D eigenvalue weighted by molar-refractivity contribution is 6.25. The zero-order valence-electron chi connectivity index (χ0n) is 11.5. The summed E-state index contributed by atoms with van der Waals surface area (Å²) in [5.41, 5.74) is 3.90. The lowest BCUT2D eigenvalue weighted by Gasteiger charge is -2.11. The molecule has 1 aliphatic carbocycles. The van der Waals surface area contributed by atoms with E-state index >= 15 is 0 Å². The second-order valence-corrected chi connectivity index (χ2v) is 4.88. The zero-order chi connectivity index (χ0) is 14.4. The van der Waals surface area contributed by atoms with Gasteiger partial charge < -0.3 is 4.74 Å². The van der Waals surface area contributed by atoms with Crippen molar-refractivity contribution in [3.8, 4) is 16.9 Å². The normalized spacial score (nSPS) is 12.3. The molecule has 0 N–H and O–H groups in total. The number of ketones is 1. The van der Waals surface area contributed by atoms with Crippen molar-refractivity contribution < 1.29 is 9.53 Å². The minimum absolute atomic E-state index is 0.0196. The van der Waals surface area contributed by atoms with Gasteiger partial charge in [0.15, 0.2) is 5.78 Å². The van der Waals surface area contributed by atoms with Crippen LogP contribution >= 0.6 is 0 Å². The van der Waals surface area contributed by atoms with Crippen LogP contribution in [0.25, 0.3) is 22.0 Å². The molecule has 2 aromatic heterocycles. The van der Waals surface area contributed by atoms with Crippen LogP contribution in [0.15, 0.2) is 42.9 Å². The molecule has 0 spiro atoms. The fraction of sp³-hybridized carbons (Fsp3) is 0.118. The van der Waals surface area contributed by atoms with Gasteiger partial charge in [-0.1, -0.05) is 6.07 Å². The maximum atomic E-state index is 12.5. The summed E-state index contributed by atoms with van der Waals surface area (Å²) in [7, 11) is 0. The number of hydrogen-bond acceptors (Lipinski definition) is 4. The molecule has 4 rings (SSSR count). The highest BCUT2D eigenvalue weighted by Crippen LogP contribution is 2.43. The van der Waals surface area contributed by atoms with Crippen molar-refractivity contribution in [3.63, 3.8) is 0 Å². The fourth-order valence-electron chi connectivity index (χ4n) is 2.88. The molecule has 0 bridgehead atoms. The van der Waals surface area contributed by atoms with Gasteiger partial charge in [-0.2, -0.15) is 0 Å². The van der Waals surface area contributed by atoms with Crippen LogP contribution in [0.1, 0.15) is 22.8 Å². The number of benzene rings is 1. The van der Waals surface area contributed by atoms with Crippen molar-refractivity contribution in [2.75, 3.05) is 6.61 Å².